The number of amides is 1. The van der Waals surface area contributed by atoms with Gasteiger partial charge in [0.05, 0.1) is 28.1 Å². The van der Waals surface area contributed by atoms with Gasteiger partial charge in [0.1, 0.15) is 15.7 Å². The zero-order chi connectivity index (χ0) is 26.7. The minimum absolute atomic E-state index is 0.00522. The quantitative estimate of drug-likeness (QED) is 0.571. The van der Waals surface area contributed by atoms with Crippen molar-refractivity contribution in [2.45, 2.75) is 67.7 Å². The van der Waals surface area contributed by atoms with Crippen LogP contribution in [0.5, 0.6) is 0 Å². The Morgan fingerprint density at radius 1 is 1.00 bits per heavy atom. The van der Waals surface area contributed by atoms with Gasteiger partial charge in [0, 0.05) is 17.5 Å². The lowest BCUT2D eigenvalue weighted by Gasteiger charge is -2.41. The van der Waals surface area contributed by atoms with Crippen LogP contribution in [0.25, 0.3) is 0 Å². The van der Waals surface area contributed by atoms with Crippen molar-refractivity contribution in [3.05, 3.63) is 59.4 Å². The Labute approximate surface area is 223 Å². The van der Waals surface area contributed by atoms with Crippen molar-refractivity contribution in [1.29, 1.82) is 0 Å². The van der Waals surface area contributed by atoms with Crippen molar-refractivity contribution >= 4 is 31.5 Å². The molecule has 6 rings (SSSR count). The standard InChI is InChI=1S/C28H33FN2O5S2/c29-22-8-10-23(11-9-22)38(35,36)31-25-12-7-21(27(32)30-18-19-3-1-2-4-19)17-24(25)28(26(31)20-5-6-20)13-15-37(33,34)16-14-28/h7-12,17,19-20,26H,1-6,13-16,18H2,(H,30,32). The van der Waals surface area contributed by atoms with Crippen LogP contribution >= 0.6 is 0 Å². The molecule has 2 aliphatic heterocycles. The third-order valence-corrected chi connectivity index (χ3v) is 12.5. The zero-order valence-electron chi connectivity index (χ0n) is 21.2. The van der Waals surface area contributed by atoms with Gasteiger partial charge in [-0.05, 0) is 98.4 Å². The number of benzene rings is 2. The lowest BCUT2D eigenvalue weighted by Crippen LogP contribution is -2.52. The minimum atomic E-state index is -4.06. The highest BCUT2D eigenvalue weighted by molar-refractivity contribution is 7.93. The molecular weight excluding hydrogens is 527 g/mol. The Hall–Kier alpha value is -2.46. The molecule has 2 heterocycles. The van der Waals surface area contributed by atoms with Crippen molar-refractivity contribution in [2.75, 3.05) is 22.4 Å². The topological polar surface area (TPSA) is 101 Å². The molecule has 1 unspecified atom stereocenters. The maximum Gasteiger partial charge on any atom is 0.264 e. The number of fused-ring (bicyclic) bond motifs is 2. The van der Waals surface area contributed by atoms with Crippen LogP contribution in [-0.2, 0) is 25.3 Å². The molecule has 0 radical (unpaired) electrons. The van der Waals surface area contributed by atoms with Gasteiger partial charge in [0.25, 0.3) is 15.9 Å². The molecular formula is C28H33FN2O5S2. The van der Waals surface area contributed by atoms with E-state index in [9.17, 15) is 26.0 Å². The first-order chi connectivity index (χ1) is 18.1. The number of hydrogen-bond donors (Lipinski definition) is 1. The number of hydrogen-bond acceptors (Lipinski definition) is 5. The normalized spacial score (nSPS) is 24.4. The number of nitrogens with one attached hydrogen (secondary N) is 1. The molecule has 1 spiro atoms. The highest BCUT2D eigenvalue weighted by Gasteiger charge is 2.60. The van der Waals surface area contributed by atoms with E-state index in [2.05, 4.69) is 5.32 Å². The number of rotatable bonds is 6. The molecule has 2 saturated carbocycles. The highest BCUT2D eigenvalue weighted by atomic mass is 32.2. The van der Waals surface area contributed by atoms with Gasteiger partial charge in [-0.15, -0.1) is 0 Å². The summed E-state index contributed by atoms with van der Waals surface area (Å²) in [5, 5.41) is 3.05. The van der Waals surface area contributed by atoms with E-state index in [0.29, 0.717) is 36.6 Å². The van der Waals surface area contributed by atoms with Crippen LogP contribution < -0.4 is 9.62 Å². The van der Waals surface area contributed by atoms with E-state index in [1.54, 1.807) is 18.2 Å². The van der Waals surface area contributed by atoms with E-state index in [1.807, 2.05) is 0 Å². The molecule has 2 aliphatic carbocycles. The second-order valence-electron chi connectivity index (χ2n) is 11.4. The molecule has 1 atom stereocenters. The summed E-state index contributed by atoms with van der Waals surface area (Å²) in [6.07, 6.45) is 6.94. The molecule has 4 aliphatic rings. The molecule has 7 nitrogen and oxygen atoms in total. The van der Waals surface area contributed by atoms with Gasteiger partial charge in [-0.1, -0.05) is 12.8 Å². The molecule has 3 fully saturated rings. The highest BCUT2D eigenvalue weighted by Crippen LogP contribution is 2.59. The predicted octanol–water partition coefficient (Wildman–Crippen LogP) is 4.18. The fraction of sp³-hybridized carbons (Fsp3) is 0.536. The Morgan fingerprint density at radius 3 is 2.29 bits per heavy atom. The van der Waals surface area contributed by atoms with Crippen LogP contribution in [0.2, 0.25) is 0 Å². The zero-order valence-corrected chi connectivity index (χ0v) is 22.9. The summed E-state index contributed by atoms with van der Waals surface area (Å²) in [6.45, 7) is 0.620. The average Bonchev–Trinajstić information content (AvgIpc) is 3.51. The molecule has 1 amide bonds. The largest absolute Gasteiger partial charge is 0.352 e. The number of halogens is 1. The van der Waals surface area contributed by atoms with Crippen molar-refractivity contribution < 1.29 is 26.0 Å². The van der Waals surface area contributed by atoms with Crippen LogP contribution in [0.3, 0.4) is 0 Å². The second-order valence-corrected chi connectivity index (χ2v) is 15.6. The summed E-state index contributed by atoms with van der Waals surface area (Å²) >= 11 is 0. The summed E-state index contributed by atoms with van der Waals surface area (Å²) < 4.78 is 68.2. The monoisotopic (exact) mass is 560 g/mol. The Morgan fingerprint density at radius 2 is 1.66 bits per heavy atom. The van der Waals surface area contributed by atoms with Gasteiger partial charge < -0.3 is 5.32 Å². The second kappa shape index (κ2) is 9.33. The molecule has 0 bridgehead atoms. The first kappa shape index (κ1) is 25.8. The van der Waals surface area contributed by atoms with Gasteiger partial charge in [-0.25, -0.2) is 21.2 Å². The third kappa shape index (κ3) is 4.43. The summed E-state index contributed by atoms with van der Waals surface area (Å²) in [5.41, 5.74) is 1.00. The number of nitrogens with zero attached hydrogens (tertiary/aromatic N) is 1. The van der Waals surface area contributed by atoms with Crippen LogP contribution in [0.1, 0.15) is 67.3 Å². The summed E-state index contributed by atoms with van der Waals surface area (Å²) in [7, 11) is -7.29. The van der Waals surface area contributed by atoms with Gasteiger partial charge in [-0.2, -0.15) is 0 Å². The van der Waals surface area contributed by atoms with Crippen molar-refractivity contribution in [2.24, 2.45) is 11.8 Å². The minimum Gasteiger partial charge on any atom is -0.352 e. The van der Waals surface area contributed by atoms with Gasteiger partial charge >= 0.3 is 0 Å². The number of carbonyl (C=O) groups is 1. The van der Waals surface area contributed by atoms with Crippen LogP contribution in [-0.4, -0.2) is 46.8 Å². The fourth-order valence-corrected chi connectivity index (χ4v) is 10.2. The lowest BCUT2D eigenvalue weighted by molar-refractivity contribution is 0.0947. The number of carbonyl (C=O) groups excluding carboxylic acids is 1. The molecule has 2 aromatic rings. The van der Waals surface area contributed by atoms with E-state index in [-0.39, 0.29) is 28.2 Å². The van der Waals surface area contributed by atoms with Gasteiger partial charge in [-0.3, -0.25) is 9.10 Å². The fourth-order valence-electron chi connectivity index (χ4n) is 6.88. The Kier molecular flexibility index (Phi) is 6.33. The van der Waals surface area contributed by atoms with Crippen molar-refractivity contribution in [3.63, 3.8) is 0 Å². The predicted molar refractivity (Wildman–Crippen MR) is 143 cm³/mol. The lowest BCUT2D eigenvalue weighted by atomic mass is 9.70. The molecule has 38 heavy (non-hydrogen) atoms. The SMILES string of the molecule is O=C(NCC1CCCC1)c1ccc2c(c1)C1(CCS(=O)(=O)CC1)C(C1CC1)N2S(=O)(=O)c1ccc(F)cc1. The molecule has 10 heteroatoms. The molecule has 2 aromatic carbocycles. The van der Waals surface area contributed by atoms with Crippen LogP contribution in [0, 0.1) is 17.7 Å². The van der Waals surface area contributed by atoms with Crippen molar-refractivity contribution in [1.82, 2.24) is 5.32 Å². The molecule has 1 saturated heterocycles. The summed E-state index contributed by atoms with van der Waals surface area (Å²) in [4.78, 5) is 13.2. The van der Waals surface area contributed by atoms with Gasteiger partial charge in [0.15, 0.2) is 0 Å². The summed E-state index contributed by atoms with van der Waals surface area (Å²) in [6, 6.07) is 9.54. The van der Waals surface area contributed by atoms with E-state index in [0.717, 1.165) is 43.4 Å². The molecule has 1 N–H and O–H groups in total. The summed E-state index contributed by atoms with van der Waals surface area (Å²) in [5.74, 6) is -0.166. The first-order valence-corrected chi connectivity index (χ1v) is 16.8. The smallest absolute Gasteiger partial charge is 0.264 e. The number of sulfone groups is 1. The van der Waals surface area contributed by atoms with E-state index < -0.39 is 37.1 Å². The van der Waals surface area contributed by atoms with E-state index >= 15 is 0 Å². The van der Waals surface area contributed by atoms with Gasteiger partial charge in [0.2, 0.25) is 0 Å². The van der Waals surface area contributed by atoms with Crippen LogP contribution in [0.4, 0.5) is 10.1 Å². The maximum atomic E-state index is 14.1. The third-order valence-electron chi connectivity index (χ3n) is 9.03. The Bertz CT molecular complexity index is 1450. The Balaban J connectivity index is 1.43. The molecule has 0 aromatic heterocycles. The first-order valence-electron chi connectivity index (χ1n) is 13.5. The van der Waals surface area contributed by atoms with Crippen molar-refractivity contribution in [3.8, 4) is 0 Å². The molecule has 204 valence electrons. The maximum absolute atomic E-state index is 14.1. The van der Waals surface area contributed by atoms with E-state index in [4.69, 9.17) is 0 Å². The van der Waals surface area contributed by atoms with E-state index in [1.165, 1.54) is 29.3 Å². The number of sulfonamides is 1. The average molecular weight is 561 g/mol. The van der Waals surface area contributed by atoms with Crippen LogP contribution in [0.15, 0.2) is 47.4 Å². The number of anilines is 1.